The molecular weight excluding hydrogens is 529 g/mol. The minimum atomic E-state index is -4.35. The van der Waals surface area contributed by atoms with Crippen LogP contribution >= 0.6 is 0 Å². The number of carbonyl (C=O) groups is 2. The van der Waals surface area contributed by atoms with Gasteiger partial charge in [-0.3, -0.25) is 4.90 Å². The lowest BCUT2D eigenvalue weighted by Crippen LogP contribution is -2.49. The summed E-state index contributed by atoms with van der Waals surface area (Å²) in [7, 11) is 0. The molecule has 0 saturated carbocycles. The summed E-state index contributed by atoms with van der Waals surface area (Å²) in [6, 6.07) is 25.3. The molecule has 1 heterocycles. The summed E-state index contributed by atoms with van der Waals surface area (Å²) in [5.41, 5.74) is 1.99. The average molecular weight is 561 g/mol. The van der Waals surface area contributed by atoms with Gasteiger partial charge in [-0.25, -0.2) is 9.59 Å². The molecule has 4 rings (SSSR count). The monoisotopic (exact) mass is 560 g/mol. The maximum atomic E-state index is 13.0. The highest BCUT2D eigenvalue weighted by molar-refractivity contribution is 6.27. The van der Waals surface area contributed by atoms with Crippen LogP contribution < -0.4 is 4.90 Å². The Balaban J connectivity index is 0.000000663. The van der Waals surface area contributed by atoms with E-state index in [0.717, 1.165) is 17.2 Å². The number of alkyl halides is 3. The fourth-order valence-corrected chi connectivity index (χ4v) is 4.27. The first kappa shape index (κ1) is 30.6. The van der Waals surface area contributed by atoms with Crippen molar-refractivity contribution in [2.24, 2.45) is 0 Å². The van der Waals surface area contributed by atoms with E-state index in [4.69, 9.17) is 24.5 Å². The summed E-state index contributed by atoms with van der Waals surface area (Å²) < 4.78 is 45.2. The van der Waals surface area contributed by atoms with Crippen molar-refractivity contribution in [3.8, 4) is 0 Å². The Morgan fingerprint density at radius 1 is 0.800 bits per heavy atom. The molecule has 0 bridgehead atoms. The number of aliphatic carboxylic acids is 2. The predicted octanol–water partition coefficient (Wildman–Crippen LogP) is 4.15. The van der Waals surface area contributed by atoms with E-state index < -0.39 is 29.8 Å². The van der Waals surface area contributed by atoms with Crippen LogP contribution in [0.5, 0.6) is 0 Å². The first-order chi connectivity index (χ1) is 19.0. The number of halogens is 3. The van der Waals surface area contributed by atoms with E-state index in [0.29, 0.717) is 38.4 Å². The maximum absolute atomic E-state index is 13.0. The average Bonchev–Trinajstić information content (AvgIpc) is 2.95. The Morgan fingerprint density at radius 2 is 1.32 bits per heavy atom. The summed E-state index contributed by atoms with van der Waals surface area (Å²) in [4.78, 5) is 22.3. The highest BCUT2D eigenvalue weighted by Gasteiger charge is 2.31. The third-order valence-electron chi connectivity index (χ3n) is 6.22. The number of hydrogen-bond acceptors (Lipinski definition) is 6. The quantitative estimate of drug-likeness (QED) is 0.353. The molecule has 1 saturated heterocycles. The molecule has 0 spiro atoms. The molecule has 214 valence electrons. The Labute approximate surface area is 229 Å². The maximum Gasteiger partial charge on any atom is 0.416 e. The SMILES string of the molecule is O=C(O)C(=O)O.OC(COC(c1ccccc1)c1ccccc1)CN1CCN(c2cccc(C(F)(F)F)c2)CC1. The predicted molar refractivity (Wildman–Crippen MR) is 142 cm³/mol. The van der Waals surface area contributed by atoms with Gasteiger partial charge in [0, 0.05) is 38.4 Å². The number of hydrogen-bond donors (Lipinski definition) is 3. The van der Waals surface area contributed by atoms with Gasteiger partial charge < -0.3 is 25.0 Å². The van der Waals surface area contributed by atoms with E-state index >= 15 is 0 Å². The largest absolute Gasteiger partial charge is 0.473 e. The van der Waals surface area contributed by atoms with Crippen molar-refractivity contribution in [3.63, 3.8) is 0 Å². The second kappa shape index (κ2) is 14.5. The van der Waals surface area contributed by atoms with Gasteiger partial charge in [-0.2, -0.15) is 13.2 Å². The van der Waals surface area contributed by atoms with Crippen molar-refractivity contribution in [1.29, 1.82) is 0 Å². The topological polar surface area (TPSA) is 111 Å². The standard InChI is InChI=1S/C27H29F3N2O2.C2H2O4/c28-27(29,30)23-12-7-13-24(18-23)32-16-14-31(15-17-32)19-25(33)20-34-26(21-8-3-1-4-9-21)22-10-5-2-6-11-22;3-1(4)2(5)6/h1-13,18,25-26,33H,14-17,19-20H2;(H,3,4)(H,5,6). The number of aliphatic hydroxyl groups excluding tert-OH is 1. The zero-order chi connectivity index (χ0) is 29.1. The molecule has 8 nitrogen and oxygen atoms in total. The molecule has 1 atom stereocenters. The van der Waals surface area contributed by atoms with Gasteiger partial charge in [-0.15, -0.1) is 0 Å². The number of carboxylic acids is 2. The van der Waals surface area contributed by atoms with E-state index in [2.05, 4.69) is 4.90 Å². The van der Waals surface area contributed by atoms with Crippen molar-refractivity contribution in [1.82, 2.24) is 4.90 Å². The first-order valence-electron chi connectivity index (χ1n) is 12.5. The molecule has 0 aliphatic carbocycles. The lowest BCUT2D eigenvalue weighted by Gasteiger charge is -2.37. The van der Waals surface area contributed by atoms with Crippen LogP contribution in [0.25, 0.3) is 0 Å². The number of nitrogens with zero attached hydrogens (tertiary/aromatic N) is 2. The summed E-state index contributed by atoms with van der Waals surface area (Å²) in [5.74, 6) is -3.65. The molecule has 0 aromatic heterocycles. The number of aliphatic hydroxyl groups is 1. The third kappa shape index (κ3) is 9.37. The second-order valence-corrected chi connectivity index (χ2v) is 9.13. The highest BCUT2D eigenvalue weighted by atomic mass is 19.4. The van der Waals surface area contributed by atoms with Crippen LogP contribution in [-0.2, 0) is 20.5 Å². The van der Waals surface area contributed by atoms with E-state index in [9.17, 15) is 18.3 Å². The number of piperazine rings is 1. The van der Waals surface area contributed by atoms with Crippen molar-refractivity contribution in [2.75, 3.05) is 44.2 Å². The lowest BCUT2D eigenvalue weighted by atomic mass is 10.0. The smallest absolute Gasteiger partial charge is 0.416 e. The van der Waals surface area contributed by atoms with Gasteiger partial charge in [-0.1, -0.05) is 66.7 Å². The van der Waals surface area contributed by atoms with Gasteiger partial charge in [0.05, 0.1) is 18.3 Å². The Morgan fingerprint density at radius 3 is 1.80 bits per heavy atom. The zero-order valence-corrected chi connectivity index (χ0v) is 21.6. The molecule has 0 radical (unpaired) electrons. The molecule has 1 aliphatic rings. The zero-order valence-electron chi connectivity index (χ0n) is 21.6. The molecule has 1 unspecified atom stereocenters. The van der Waals surface area contributed by atoms with Crippen molar-refractivity contribution < 1.29 is 42.8 Å². The van der Waals surface area contributed by atoms with Crippen LogP contribution in [0.1, 0.15) is 22.8 Å². The van der Waals surface area contributed by atoms with Gasteiger partial charge in [0.1, 0.15) is 6.10 Å². The van der Waals surface area contributed by atoms with E-state index in [1.165, 1.54) is 12.1 Å². The lowest BCUT2D eigenvalue weighted by molar-refractivity contribution is -0.159. The van der Waals surface area contributed by atoms with Crippen LogP contribution in [0.15, 0.2) is 84.9 Å². The van der Waals surface area contributed by atoms with E-state index in [1.54, 1.807) is 6.07 Å². The minimum Gasteiger partial charge on any atom is -0.473 e. The number of rotatable bonds is 8. The number of ether oxygens (including phenoxy) is 1. The molecule has 3 aromatic rings. The fourth-order valence-electron chi connectivity index (χ4n) is 4.27. The fraction of sp³-hybridized carbons (Fsp3) is 0.310. The van der Waals surface area contributed by atoms with Crippen LogP contribution in [0.4, 0.5) is 18.9 Å². The Bertz CT molecular complexity index is 1170. The van der Waals surface area contributed by atoms with Crippen LogP contribution in [0.3, 0.4) is 0 Å². The summed E-state index contributed by atoms with van der Waals surface area (Å²) in [6.07, 6.45) is -5.29. The van der Waals surface area contributed by atoms with Gasteiger partial charge in [0.25, 0.3) is 0 Å². The molecule has 40 heavy (non-hydrogen) atoms. The second-order valence-electron chi connectivity index (χ2n) is 9.13. The number of β-amino-alcohol motifs (C(OH)–C–C–N with tert-alkyl or cyclic N) is 1. The highest BCUT2D eigenvalue weighted by Crippen LogP contribution is 2.32. The van der Waals surface area contributed by atoms with Crippen LogP contribution in [0, 0.1) is 0 Å². The van der Waals surface area contributed by atoms with Crippen LogP contribution in [0.2, 0.25) is 0 Å². The van der Waals surface area contributed by atoms with Crippen molar-refractivity contribution in [2.45, 2.75) is 18.4 Å². The third-order valence-corrected chi connectivity index (χ3v) is 6.22. The number of anilines is 1. The van der Waals surface area contributed by atoms with E-state index in [1.807, 2.05) is 65.6 Å². The molecule has 3 N–H and O–H groups in total. The van der Waals surface area contributed by atoms with Gasteiger partial charge >= 0.3 is 18.1 Å². The van der Waals surface area contributed by atoms with Crippen LogP contribution in [-0.4, -0.2) is 77.6 Å². The normalized spacial score (nSPS) is 14.8. The molecule has 0 amide bonds. The molecule has 1 fully saturated rings. The summed E-state index contributed by atoms with van der Waals surface area (Å²) in [6.45, 7) is 3.16. The van der Waals surface area contributed by atoms with Gasteiger partial charge in [-0.05, 0) is 29.3 Å². The number of benzene rings is 3. The van der Waals surface area contributed by atoms with E-state index in [-0.39, 0.29) is 12.7 Å². The van der Waals surface area contributed by atoms with Gasteiger partial charge in [0.2, 0.25) is 0 Å². The molecule has 11 heteroatoms. The Kier molecular flexibility index (Phi) is 11.1. The molecular formula is C29H31F3N2O6. The van der Waals surface area contributed by atoms with Crippen molar-refractivity contribution >= 4 is 17.6 Å². The molecule has 1 aliphatic heterocycles. The number of carboxylic acid groups (broad SMARTS) is 2. The molecule has 3 aromatic carbocycles. The summed E-state index contributed by atoms with van der Waals surface area (Å²) >= 11 is 0. The summed E-state index contributed by atoms with van der Waals surface area (Å²) in [5, 5.41) is 25.4. The minimum absolute atomic E-state index is 0.183. The first-order valence-corrected chi connectivity index (χ1v) is 12.5. The van der Waals surface area contributed by atoms with Gasteiger partial charge in [0.15, 0.2) is 0 Å². The van der Waals surface area contributed by atoms with Crippen molar-refractivity contribution in [3.05, 3.63) is 102 Å². The Hall–Kier alpha value is -3.93.